The second-order valence-electron chi connectivity index (χ2n) is 7.05. The molecule has 0 radical (unpaired) electrons. The van der Waals surface area contributed by atoms with E-state index in [4.69, 9.17) is 28.2 Å². The van der Waals surface area contributed by atoms with E-state index in [-0.39, 0.29) is 22.4 Å². The van der Waals surface area contributed by atoms with Crippen molar-refractivity contribution in [1.29, 1.82) is 0 Å². The highest BCUT2D eigenvalue weighted by molar-refractivity contribution is 7.91. The summed E-state index contributed by atoms with van der Waals surface area (Å²) in [7, 11) is -2.96. The van der Waals surface area contributed by atoms with Crippen molar-refractivity contribution < 1.29 is 12.8 Å². The molecule has 142 valence electrons. The highest BCUT2D eigenvalue weighted by Gasteiger charge is 2.33. The van der Waals surface area contributed by atoms with Gasteiger partial charge in [0.1, 0.15) is 0 Å². The van der Waals surface area contributed by atoms with E-state index in [1.54, 1.807) is 16.8 Å². The van der Waals surface area contributed by atoms with E-state index in [1.807, 2.05) is 12.1 Å². The molecular formula is C17H22ClN3O3S2. The summed E-state index contributed by atoms with van der Waals surface area (Å²) < 4.78 is 31.0. The number of nitrogens with zero attached hydrogens (tertiary/aromatic N) is 3. The van der Waals surface area contributed by atoms with Gasteiger partial charge in [0, 0.05) is 23.2 Å². The Kier molecular flexibility index (Phi) is 5.86. The summed E-state index contributed by atoms with van der Waals surface area (Å²) in [4.78, 5) is 2.39. The molecule has 1 saturated heterocycles. The van der Waals surface area contributed by atoms with Gasteiger partial charge in [-0.05, 0) is 42.8 Å². The standard InChI is InChI=1S/C17H22ClN3O3S2/c1-12(2)9-20(15-6-7-26(22,23)10-15)11-21-17(25)24-16(19-21)13-4-3-5-14(18)8-13/h3-5,8,12,15H,6-7,9-11H2,1-2H3/t15-/m1/s1. The Morgan fingerprint density at radius 3 is 2.85 bits per heavy atom. The third kappa shape index (κ3) is 4.73. The van der Waals surface area contributed by atoms with Crippen LogP contribution in [0.2, 0.25) is 5.02 Å². The van der Waals surface area contributed by atoms with Gasteiger partial charge >= 0.3 is 0 Å². The number of sulfone groups is 1. The van der Waals surface area contributed by atoms with Crippen LogP contribution in [0.25, 0.3) is 11.5 Å². The molecular weight excluding hydrogens is 394 g/mol. The molecule has 1 aliphatic heterocycles. The number of rotatable bonds is 6. The Hall–Kier alpha value is -1.22. The van der Waals surface area contributed by atoms with Crippen molar-refractivity contribution in [1.82, 2.24) is 14.7 Å². The predicted octanol–water partition coefficient (Wildman–Crippen LogP) is 3.63. The smallest absolute Gasteiger partial charge is 0.288 e. The summed E-state index contributed by atoms with van der Waals surface area (Å²) in [6.45, 7) is 5.38. The second kappa shape index (κ2) is 7.80. The van der Waals surface area contributed by atoms with E-state index < -0.39 is 9.84 Å². The van der Waals surface area contributed by atoms with Crippen LogP contribution in [0.15, 0.2) is 28.7 Å². The van der Waals surface area contributed by atoms with Crippen molar-refractivity contribution in [3.8, 4) is 11.5 Å². The molecule has 1 aromatic carbocycles. The Bertz CT molecular complexity index is 937. The Balaban J connectivity index is 1.84. The lowest BCUT2D eigenvalue weighted by atomic mass is 10.1. The Morgan fingerprint density at radius 1 is 1.46 bits per heavy atom. The van der Waals surface area contributed by atoms with Gasteiger partial charge in [0.15, 0.2) is 9.84 Å². The topological polar surface area (TPSA) is 68.3 Å². The molecule has 1 aromatic heterocycles. The van der Waals surface area contributed by atoms with Crippen LogP contribution in [0, 0.1) is 10.8 Å². The highest BCUT2D eigenvalue weighted by atomic mass is 35.5. The maximum absolute atomic E-state index is 11.9. The third-order valence-corrected chi connectivity index (χ3v) is 6.60. The van der Waals surface area contributed by atoms with Gasteiger partial charge in [0.2, 0.25) is 5.89 Å². The van der Waals surface area contributed by atoms with Crippen molar-refractivity contribution in [3.05, 3.63) is 34.1 Å². The van der Waals surface area contributed by atoms with Gasteiger partial charge < -0.3 is 4.42 Å². The van der Waals surface area contributed by atoms with Crippen molar-refractivity contribution in [2.24, 2.45) is 5.92 Å². The highest BCUT2D eigenvalue weighted by Crippen LogP contribution is 2.23. The molecule has 0 N–H and O–H groups in total. The SMILES string of the molecule is CC(C)CN(Cn1nc(-c2cccc(Cl)c2)oc1=S)[C@@H]1CCS(=O)(=O)C1. The van der Waals surface area contributed by atoms with Crippen LogP contribution in [-0.4, -0.2) is 47.2 Å². The average molecular weight is 416 g/mol. The lowest BCUT2D eigenvalue weighted by Gasteiger charge is -2.29. The normalized spacial score (nSPS) is 19.5. The lowest BCUT2D eigenvalue weighted by Crippen LogP contribution is -2.40. The molecule has 26 heavy (non-hydrogen) atoms. The number of hydrogen-bond acceptors (Lipinski definition) is 6. The van der Waals surface area contributed by atoms with Crippen molar-refractivity contribution >= 4 is 33.7 Å². The van der Waals surface area contributed by atoms with Crippen molar-refractivity contribution in [2.75, 3.05) is 18.1 Å². The van der Waals surface area contributed by atoms with Crippen molar-refractivity contribution in [2.45, 2.75) is 33.0 Å². The molecule has 6 nitrogen and oxygen atoms in total. The van der Waals surface area contributed by atoms with E-state index in [0.717, 1.165) is 12.1 Å². The minimum absolute atomic E-state index is 0.0179. The molecule has 0 spiro atoms. The van der Waals surface area contributed by atoms with E-state index in [9.17, 15) is 8.42 Å². The lowest BCUT2D eigenvalue weighted by molar-refractivity contribution is 0.136. The van der Waals surface area contributed by atoms with E-state index >= 15 is 0 Å². The zero-order valence-electron chi connectivity index (χ0n) is 14.8. The maximum Gasteiger partial charge on any atom is 0.288 e. The van der Waals surface area contributed by atoms with Gasteiger partial charge in [0.05, 0.1) is 18.2 Å². The number of benzene rings is 1. The van der Waals surface area contributed by atoms with Crippen molar-refractivity contribution in [3.63, 3.8) is 0 Å². The van der Waals surface area contributed by atoms with Crippen LogP contribution in [0.5, 0.6) is 0 Å². The molecule has 2 heterocycles. The zero-order valence-corrected chi connectivity index (χ0v) is 17.1. The van der Waals surface area contributed by atoms with Crippen LogP contribution >= 0.6 is 23.8 Å². The van der Waals surface area contributed by atoms with Crippen LogP contribution in [0.4, 0.5) is 0 Å². The first-order valence-corrected chi connectivity index (χ1v) is 11.1. The minimum Gasteiger partial charge on any atom is -0.409 e. The third-order valence-electron chi connectivity index (χ3n) is 4.32. The summed E-state index contributed by atoms with van der Waals surface area (Å²) in [6.07, 6.45) is 0.640. The number of halogens is 1. The summed E-state index contributed by atoms with van der Waals surface area (Å²) in [6, 6.07) is 7.20. The van der Waals surface area contributed by atoms with E-state index in [2.05, 4.69) is 23.8 Å². The number of hydrogen-bond donors (Lipinski definition) is 0. The molecule has 0 saturated carbocycles. The minimum atomic E-state index is -2.96. The van der Waals surface area contributed by atoms with Gasteiger partial charge in [-0.3, -0.25) is 4.90 Å². The first-order chi connectivity index (χ1) is 12.2. The first-order valence-electron chi connectivity index (χ1n) is 8.52. The van der Waals surface area contributed by atoms with E-state index in [1.165, 1.54) is 0 Å². The first kappa shape index (κ1) is 19.5. The van der Waals surface area contributed by atoms with Gasteiger partial charge in [-0.15, -0.1) is 5.10 Å². The van der Waals surface area contributed by atoms with E-state index in [0.29, 0.717) is 29.9 Å². The van der Waals surface area contributed by atoms with Crippen LogP contribution in [-0.2, 0) is 16.5 Å². The summed E-state index contributed by atoms with van der Waals surface area (Å²) in [5.41, 5.74) is 0.751. The van der Waals surface area contributed by atoms with Crippen LogP contribution < -0.4 is 0 Å². The van der Waals surface area contributed by atoms with Crippen LogP contribution in [0.3, 0.4) is 0 Å². The molecule has 0 bridgehead atoms. The molecule has 1 atom stereocenters. The largest absolute Gasteiger partial charge is 0.409 e. The molecule has 3 rings (SSSR count). The second-order valence-corrected chi connectivity index (χ2v) is 10.1. The Morgan fingerprint density at radius 2 is 2.23 bits per heavy atom. The molecule has 0 unspecified atom stereocenters. The maximum atomic E-state index is 11.9. The molecule has 0 amide bonds. The number of aromatic nitrogens is 2. The predicted molar refractivity (Wildman–Crippen MR) is 104 cm³/mol. The molecule has 1 fully saturated rings. The Labute approximate surface area is 163 Å². The average Bonchev–Trinajstić information content (AvgIpc) is 3.09. The zero-order chi connectivity index (χ0) is 18.9. The fraction of sp³-hybridized carbons (Fsp3) is 0.529. The molecule has 1 aliphatic rings. The summed E-state index contributed by atoms with van der Waals surface area (Å²) in [5, 5.41) is 5.07. The fourth-order valence-corrected chi connectivity index (χ4v) is 5.29. The molecule has 9 heteroatoms. The fourth-order valence-electron chi connectivity index (χ4n) is 3.16. The van der Waals surface area contributed by atoms with Gasteiger partial charge in [-0.1, -0.05) is 31.5 Å². The summed E-state index contributed by atoms with van der Waals surface area (Å²) >= 11 is 11.3. The quantitative estimate of drug-likeness (QED) is 0.671. The van der Waals surface area contributed by atoms with Crippen LogP contribution in [0.1, 0.15) is 20.3 Å². The molecule has 0 aliphatic carbocycles. The van der Waals surface area contributed by atoms with Gasteiger partial charge in [0.25, 0.3) is 4.84 Å². The molecule has 2 aromatic rings. The summed E-state index contributed by atoms with van der Waals surface area (Å²) in [5.74, 6) is 1.23. The van der Waals surface area contributed by atoms with Gasteiger partial charge in [-0.2, -0.15) is 0 Å². The monoisotopic (exact) mass is 415 g/mol. The van der Waals surface area contributed by atoms with Gasteiger partial charge in [-0.25, -0.2) is 13.1 Å².